The molecule has 2 aliphatic rings. The lowest BCUT2D eigenvalue weighted by Gasteiger charge is -2.36. The van der Waals surface area contributed by atoms with Crippen molar-refractivity contribution in [2.45, 2.75) is 38.3 Å². The van der Waals surface area contributed by atoms with Crippen molar-refractivity contribution in [2.75, 3.05) is 26.2 Å². The molecule has 7 heteroatoms. The van der Waals surface area contributed by atoms with E-state index in [9.17, 15) is 14.4 Å². The Morgan fingerprint density at radius 3 is 2.60 bits per heavy atom. The number of amides is 3. The second-order valence-corrected chi connectivity index (χ2v) is 5.47. The molecule has 2 heterocycles. The van der Waals surface area contributed by atoms with Crippen molar-refractivity contribution in [3.63, 3.8) is 0 Å². The summed E-state index contributed by atoms with van der Waals surface area (Å²) in [7, 11) is 0. The van der Waals surface area contributed by atoms with E-state index in [1.165, 1.54) is 4.90 Å². The molecule has 0 spiro atoms. The molecule has 2 aliphatic heterocycles. The van der Waals surface area contributed by atoms with Gasteiger partial charge in [0, 0.05) is 19.1 Å². The largest absolute Gasteiger partial charge is 0.328 e. The minimum absolute atomic E-state index is 0.0313. The monoisotopic (exact) mass is 282 g/mol. The van der Waals surface area contributed by atoms with Crippen LogP contribution in [-0.2, 0) is 14.4 Å². The van der Waals surface area contributed by atoms with Gasteiger partial charge in [-0.3, -0.25) is 24.6 Å². The van der Waals surface area contributed by atoms with E-state index in [4.69, 9.17) is 5.73 Å². The van der Waals surface area contributed by atoms with Crippen molar-refractivity contribution in [3.05, 3.63) is 0 Å². The summed E-state index contributed by atoms with van der Waals surface area (Å²) in [5.74, 6) is -0.943. The zero-order chi connectivity index (χ0) is 14.7. The molecule has 0 aromatic heterocycles. The van der Waals surface area contributed by atoms with Crippen molar-refractivity contribution in [3.8, 4) is 0 Å². The molecule has 0 radical (unpaired) electrons. The van der Waals surface area contributed by atoms with Gasteiger partial charge >= 0.3 is 0 Å². The summed E-state index contributed by atoms with van der Waals surface area (Å²) in [6.07, 6.45) is 2.27. The Morgan fingerprint density at radius 1 is 1.35 bits per heavy atom. The Bertz CT molecular complexity index is 404. The Hall–Kier alpha value is -1.47. The maximum absolute atomic E-state index is 12.3. The summed E-state index contributed by atoms with van der Waals surface area (Å²) in [6.45, 7) is 3.63. The lowest BCUT2D eigenvalue weighted by molar-refractivity contribution is -0.150. The Labute approximate surface area is 118 Å². The lowest BCUT2D eigenvalue weighted by atomic mass is 10.1. The fourth-order valence-electron chi connectivity index (χ4n) is 2.73. The number of piperidine rings is 1. The lowest BCUT2D eigenvalue weighted by Crippen LogP contribution is -2.61. The van der Waals surface area contributed by atoms with Gasteiger partial charge in [-0.1, -0.05) is 6.92 Å². The summed E-state index contributed by atoms with van der Waals surface area (Å²) in [5, 5.41) is 2.27. The van der Waals surface area contributed by atoms with Crippen molar-refractivity contribution >= 4 is 17.7 Å². The number of hydrogen-bond donors (Lipinski definition) is 2. The third-order valence-electron chi connectivity index (χ3n) is 3.95. The predicted molar refractivity (Wildman–Crippen MR) is 72.6 cm³/mol. The standard InChI is InChI=1S/C13H22N4O3/c1-2-10-13(20)15-11(18)7-17(10)12(19)8-16-5-3-9(14)4-6-16/h9-10H,2-8,14H2,1H3,(H,15,18,20). The van der Waals surface area contributed by atoms with E-state index in [-0.39, 0.29) is 30.9 Å². The van der Waals surface area contributed by atoms with E-state index in [1.807, 2.05) is 11.8 Å². The molecule has 112 valence electrons. The van der Waals surface area contributed by atoms with Crippen LogP contribution in [0.2, 0.25) is 0 Å². The number of nitrogens with zero attached hydrogens (tertiary/aromatic N) is 2. The molecule has 2 saturated heterocycles. The quantitative estimate of drug-likeness (QED) is 0.626. The highest BCUT2D eigenvalue weighted by Crippen LogP contribution is 2.12. The number of rotatable bonds is 3. The summed E-state index contributed by atoms with van der Waals surface area (Å²) < 4.78 is 0. The summed E-state index contributed by atoms with van der Waals surface area (Å²) >= 11 is 0. The molecule has 3 amide bonds. The maximum Gasteiger partial charge on any atom is 0.249 e. The number of carbonyl (C=O) groups excluding carboxylic acids is 3. The van der Waals surface area contributed by atoms with Gasteiger partial charge < -0.3 is 10.6 Å². The van der Waals surface area contributed by atoms with Crippen LogP contribution in [-0.4, -0.2) is 65.8 Å². The van der Waals surface area contributed by atoms with Crippen LogP contribution in [0.4, 0.5) is 0 Å². The molecule has 0 saturated carbocycles. The zero-order valence-corrected chi connectivity index (χ0v) is 11.8. The average Bonchev–Trinajstić information content (AvgIpc) is 2.40. The fourth-order valence-corrected chi connectivity index (χ4v) is 2.73. The van der Waals surface area contributed by atoms with Crippen LogP contribution >= 0.6 is 0 Å². The molecule has 2 fully saturated rings. The van der Waals surface area contributed by atoms with E-state index >= 15 is 0 Å². The van der Waals surface area contributed by atoms with Gasteiger partial charge in [0.15, 0.2) is 0 Å². The highest BCUT2D eigenvalue weighted by atomic mass is 16.2. The van der Waals surface area contributed by atoms with Crippen LogP contribution in [0.25, 0.3) is 0 Å². The van der Waals surface area contributed by atoms with Crippen LogP contribution < -0.4 is 11.1 Å². The minimum atomic E-state index is -0.535. The van der Waals surface area contributed by atoms with Crippen molar-refractivity contribution in [1.82, 2.24) is 15.1 Å². The first kappa shape index (κ1) is 14.9. The Balaban J connectivity index is 1.96. The number of imide groups is 1. The predicted octanol–water partition coefficient (Wildman–Crippen LogP) is -1.33. The minimum Gasteiger partial charge on any atom is -0.328 e. The van der Waals surface area contributed by atoms with Gasteiger partial charge in [-0.05, 0) is 19.3 Å². The van der Waals surface area contributed by atoms with Gasteiger partial charge in [0.1, 0.15) is 12.6 Å². The topological polar surface area (TPSA) is 95.7 Å². The third-order valence-corrected chi connectivity index (χ3v) is 3.95. The number of nitrogens with two attached hydrogens (primary N) is 1. The second kappa shape index (κ2) is 6.32. The molecular formula is C13H22N4O3. The first-order chi connectivity index (χ1) is 9.51. The van der Waals surface area contributed by atoms with E-state index < -0.39 is 11.9 Å². The summed E-state index contributed by atoms with van der Waals surface area (Å²) in [5.41, 5.74) is 5.83. The van der Waals surface area contributed by atoms with Gasteiger partial charge in [-0.15, -0.1) is 0 Å². The molecule has 0 bridgehead atoms. The van der Waals surface area contributed by atoms with Crippen LogP contribution in [0.1, 0.15) is 26.2 Å². The molecule has 0 aromatic rings. The van der Waals surface area contributed by atoms with Gasteiger partial charge in [-0.2, -0.15) is 0 Å². The SMILES string of the molecule is CCC1C(=O)NC(=O)CN1C(=O)CN1CCC(N)CC1. The van der Waals surface area contributed by atoms with Gasteiger partial charge in [0.25, 0.3) is 0 Å². The zero-order valence-electron chi connectivity index (χ0n) is 11.8. The summed E-state index contributed by atoms with van der Waals surface area (Å²) in [4.78, 5) is 38.9. The molecule has 1 atom stereocenters. The second-order valence-electron chi connectivity index (χ2n) is 5.47. The normalized spacial score (nSPS) is 25.7. The van der Waals surface area contributed by atoms with Crippen LogP contribution in [0.15, 0.2) is 0 Å². The number of piperazine rings is 1. The molecule has 7 nitrogen and oxygen atoms in total. The molecular weight excluding hydrogens is 260 g/mol. The van der Waals surface area contributed by atoms with E-state index in [0.29, 0.717) is 6.42 Å². The van der Waals surface area contributed by atoms with Crippen LogP contribution in [0.5, 0.6) is 0 Å². The van der Waals surface area contributed by atoms with Crippen molar-refractivity contribution < 1.29 is 14.4 Å². The number of carbonyl (C=O) groups is 3. The first-order valence-corrected chi connectivity index (χ1v) is 7.12. The Kier molecular flexibility index (Phi) is 4.72. The third kappa shape index (κ3) is 3.34. The number of nitrogens with one attached hydrogen (secondary N) is 1. The molecule has 3 N–H and O–H groups in total. The van der Waals surface area contributed by atoms with Crippen molar-refractivity contribution in [1.29, 1.82) is 0 Å². The molecule has 20 heavy (non-hydrogen) atoms. The number of hydrogen-bond acceptors (Lipinski definition) is 5. The average molecular weight is 282 g/mol. The maximum atomic E-state index is 12.3. The molecule has 2 rings (SSSR count). The van der Waals surface area contributed by atoms with Crippen molar-refractivity contribution in [2.24, 2.45) is 5.73 Å². The highest BCUT2D eigenvalue weighted by molar-refractivity contribution is 6.04. The fraction of sp³-hybridized carbons (Fsp3) is 0.769. The van der Waals surface area contributed by atoms with Gasteiger partial charge in [-0.25, -0.2) is 0 Å². The molecule has 0 aliphatic carbocycles. The van der Waals surface area contributed by atoms with Gasteiger partial charge in [0.2, 0.25) is 17.7 Å². The smallest absolute Gasteiger partial charge is 0.249 e. The molecule has 0 aromatic carbocycles. The van der Waals surface area contributed by atoms with E-state index in [1.54, 1.807) is 0 Å². The van der Waals surface area contributed by atoms with Gasteiger partial charge in [0.05, 0.1) is 6.54 Å². The Morgan fingerprint density at radius 2 is 2.00 bits per heavy atom. The molecule has 1 unspecified atom stereocenters. The van der Waals surface area contributed by atoms with Crippen LogP contribution in [0.3, 0.4) is 0 Å². The summed E-state index contributed by atoms with van der Waals surface area (Å²) in [6, 6.07) is -0.320. The van der Waals surface area contributed by atoms with E-state index in [2.05, 4.69) is 5.32 Å². The van der Waals surface area contributed by atoms with E-state index in [0.717, 1.165) is 25.9 Å². The number of likely N-dealkylation sites (tertiary alicyclic amines) is 1. The van der Waals surface area contributed by atoms with Crippen LogP contribution in [0, 0.1) is 0 Å². The highest BCUT2D eigenvalue weighted by Gasteiger charge is 2.36. The first-order valence-electron chi connectivity index (χ1n) is 7.12.